The van der Waals surface area contributed by atoms with Crippen LogP contribution in [0.5, 0.6) is 0 Å². The molecule has 5 nitrogen and oxygen atoms in total. The van der Waals surface area contributed by atoms with Crippen molar-refractivity contribution in [2.75, 3.05) is 31.1 Å². The first-order valence-corrected chi connectivity index (χ1v) is 10.4. The topological polar surface area (TPSA) is 45.2 Å². The van der Waals surface area contributed by atoms with Crippen molar-refractivity contribution >= 4 is 27.6 Å². The molecule has 29 heavy (non-hydrogen) atoms. The fourth-order valence-corrected chi connectivity index (χ4v) is 4.61. The van der Waals surface area contributed by atoms with Gasteiger partial charge in [0.1, 0.15) is 28.1 Å². The molecule has 2 aromatic carbocycles. The van der Waals surface area contributed by atoms with E-state index in [1.54, 1.807) is 18.5 Å². The summed E-state index contributed by atoms with van der Waals surface area (Å²) < 4.78 is 18.9. The van der Waals surface area contributed by atoms with Gasteiger partial charge in [-0.15, -0.1) is 0 Å². The Morgan fingerprint density at radius 3 is 2.41 bits per heavy atom. The number of aromatic nitrogens is 3. The highest BCUT2D eigenvalue weighted by Gasteiger charge is 2.22. The fourth-order valence-electron chi connectivity index (χ4n) is 3.73. The quantitative estimate of drug-likeness (QED) is 0.509. The Balaban J connectivity index is 1.35. The molecule has 5 rings (SSSR count). The lowest BCUT2D eigenvalue weighted by molar-refractivity contribution is 0.249. The molecule has 0 N–H and O–H groups in total. The lowest BCUT2D eigenvalue weighted by Crippen LogP contribution is -2.46. The van der Waals surface area contributed by atoms with E-state index in [9.17, 15) is 4.39 Å². The molecule has 2 aromatic heterocycles. The van der Waals surface area contributed by atoms with Crippen molar-refractivity contribution in [3.8, 4) is 11.3 Å². The first-order chi connectivity index (χ1) is 14.3. The first kappa shape index (κ1) is 18.1. The Bertz CT molecular complexity index is 1110. The van der Waals surface area contributed by atoms with Crippen LogP contribution in [0.3, 0.4) is 0 Å². The predicted molar refractivity (Wildman–Crippen MR) is 115 cm³/mol. The van der Waals surface area contributed by atoms with E-state index in [1.165, 1.54) is 29.2 Å². The molecule has 0 atom stereocenters. The molecule has 146 valence electrons. The number of halogens is 1. The second kappa shape index (κ2) is 7.85. The summed E-state index contributed by atoms with van der Waals surface area (Å²) in [7, 11) is 0. The van der Waals surface area contributed by atoms with Crippen molar-refractivity contribution in [3.63, 3.8) is 0 Å². The Hall–Kier alpha value is -2.90. The van der Waals surface area contributed by atoms with Gasteiger partial charge in [0, 0.05) is 38.3 Å². The fraction of sp³-hybridized carbons (Fsp3) is 0.227. The minimum absolute atomic E-state index is 0.253. The van der Waals surface area contributed by atoms with Gasteiger partial charge >= 0.3 is 0 Å². The van der Waals surface area contributed by atoms with Gasteiger partial charge in [-0.3, -0.25) is 4.90 Å². The maximum atomic E-state index is 13.3. The largest absolute Gasteiger partial charge is 0.353 e. The van der Waals surface area contributed by atoms with Crippen LogP contribution in [-0.4, -0.2) is 45.4 Å². The molecular formula is C22H20FN5S. The number of anilines is 1. The monoisotopic (exact) mass is 405 g/mol. The number of benzene rings is 2. The van der Waals surface area contributed by atoms with E-state index in [0.29, 0.717) is 0 Å². The van der Waals surface area contributed by atoms with Crippen LogP contribution < -0.4 is 4.90 Å². The molecular weight excluding hydrogens is 385 g/mol. The van der Waals surface area contributed by atoms with Gasteiger partial charge in [-0.1, -0.05) is 30.3 Å². The second-order valence-corrected chi connectivity index (χ2v) is 7.94. The van der Waals surface area contributed by atoms with Gasteiger partial charge in [-0.25, -0.2) is 14.4 Å². The number of hydrogen-bond donors (Lipinski definition) is 0. The van der Waals surface area contributed by atoms with Crippen LogP contribution in [0.1, 0.15) is 5.56 Å². The van der Waals surface area contributed by atoms with Gasteiger partial charge in [0.2, 0.25) is 0 Å². The highest BCUT2D eigenvalue weighted by molar-refractivity contribution is 7.14. The molecule has 1 fully saturated rings. The van der Waals surface area contributed by atoms with Crippen LogP contribution in [0.2, 0.25) is 0 Å². The molecule has 7 heteroatoms. The Morgan fingerprint density at radius 1 is 0.897 bits per heavy atom. The zero-order valence-corrected chi connectivity index (χ0v) is 16.6. The summed E-state index contributed by atoms with van der Waals surface area (Å²) in [6.45, 7) is 4.79. The van der Waals surface area contributed by atoms with Crippen LogP contribution >= 0.6 is 11.5 Å². The Kier molecular flexibility index (Phi) is 4.91. The summed E-state index contributed by atoms with van der Waals surface area (Å²) in [5.41, 5.74) is 3.83. The summed E-state index contributed by atoms with van der Waals surface area (Å²) in [4.78, 5) is 13.8. The molecule has 1 aliphatic rings. The minimum atomic E-state index is -0.253. The molecule has 0 unspecified atom stereocenters. The van der Waals surface area contributed by atoms with Crippen molar-refractivity contribution < 1.29 is 4.39 Å². The first-order valence-electron chi connectivity index (χ1n) is 9.65. The van der Waals surface area contributed by atoms with Crippen molar-refractivity contribution in [1.82, 2.24) is 19.2 Å². The van der Waals surface area contributed by atoms with E-state index in [4.69, 9.17) is 0 Å². The SMILES string of the molecule is Fc1ccc(-c2nsc3c(N4CCN(Cc5ccccc5)CC4)ncnc23)cc1. The normalized spacial score (nSPS) is 15.1. The minimum Gasteiger partial charge on any atom is -0.353 e. The molecule has 0 spiro atoms. The van der Waals surface area contributed by atoms with Gasteiger partial charge in [0.15, 0.2) is 5.82 Å². The average molecular weight is 406 g/mol. The van der Waals surface area contributed by atoms with E-state index in [2.05, 4.69) is 54.5 Å². The number of nitrogens with zero attached hydrogens (tertiary/aromatic N) is 5. The van der Waals surface area contributed by atoms with E-state index >= 15 is 0 Å². The summed E-state index contributed by atoms with van der Waals surface area (Å²) in [5.74, 6) is 0.692. The molecule has 0 saturated carbocycles. The van der Waals surface area contributed by atoms with Crippen LogP contribution in [0, 0.1) is 5.82 Å². The number of piperazine rings is 1. The van der Waals surface area contributed by atoms with E-state index in [1.807, 2.05) is 0 Å². The third kappa shape index (κ3) is 3.71. The molecule has 0 amide bonds. The van der Waals surface area contributed by atoms with Gasteiger partial charge in [-0.2, -0.15) is 4.37 Å². The molecule has 0 radical (unpaired) electrons. The zero-order chi connectivity index (χ0) is 19.6. The molecule has 1 aliphatic heterocycles. The highest BCUT2D eigenvalue weighted by atomic mass is 32.1. The van der Waals surface area contributed by atoms with Crippen molar-refractivity contribution in [2.45, 2.75) is 6.54 Å². The summed E-state index contributed by atoms with van der Waals surface area (Å²) in [6.07, 6.45) is 1.61. The van der Waals surface area contributed by atoms with Gasteiger partial charge < -0.3 is 4.90 Å². The third-order valence-electron chi connectivity index (χ3n) is 5.28. The summed E-state index contributed by atoms with van der Waals surface area (Å²) in [6, 6.07) is 17.0. The maximum Gasteiger partial charge on any atom is 0.151 e. The zero-order valence-electron chi connectivity index (χ0n) is 15.8. The second-order valence-electron chi connectivity index (χ2n) is 7.16. The molecule has 0 aliphatic carbocycles. The predicted octanol–water partition coefficient (Wildman–Crippen LogP) is 4.21. The standard InChI is InChI=1S/C22H20FN5S/c23-18-8-6-17(7-9-18)19-20-21(29-26-19)22(25-15-24-20)28-12-10-27(11-13-28)14-16-4-2-1-3-5-16/h1-9,15H,10-14H2. The Labute approximate surface area is 172 Å². The van der Waals surface area contributed by atoms with Gasteiger partial charge in [0.05, 0.1) is 0 Å². The van der Waals surface area contributed by atoms with Crippen molar-refractivity contribution in [3.05, 3.63) is 72.3 Å². The highest BCUT2D eigenvalue weighted by Crippen LogP contribution is 2.34. The van der Waals surface area contributed by atoms with Crippen molar-refractivity contribution in [2.24, 2.45) is 0 Å². The van der Waals surface area contributed by atoms with E-state index < -0.39 is 0 Å². The summed E-state index contributed by atoms with van der Waals surface area (Å²) >= 11 is 1.41. The molecule has 1 saturated heterocycles. The number of fused-ring (bicyclic) bond motifs is 1. The van der Waals surface area contributed by atoms with Crippen LogP contribution in [0.25, 0.3) is 21.5 Å². The lowest BCUT2D eigenvalue weighted by atomic mass is 10.1. The lowest BCUT2D eigenvalue weighted by Gasteiger charge is -2.35. The van der Waals surface area contributed by atoms with E-state index in [0.717, 1.165) is 60.0 Å². The van der Waals surface area contributed by atoms with Crippen LogP contribution in [-0.2, 0) is 6.54 Å². The smallest absolute Gasteiger partial charge is 0.151 e. The maximum absolute atomic E-state index is 13.3. The van der Waals surface area contributed by atoms with Gasteiger partial charge in [-0.05, 0) is 41.4 Å². The van der Waals surface area contributed by atoms with E-state index in [-0.39, 0.29) is 5.82 Å². The number of hydrogen-bond acceptors (Lipinski definition) is 6. The van der Waals surface area contributed by atoms with Crippen molar-refractivity contribution in [1.29, 1.82) is 0 Å². The van der Waals surface area contributed by atoms with Crippen LogP contribution in [0.4, 0.5) is 10.2 Å². The molecule has 3 heterocycles. The third-order valence-corrected chi connectivity index (χ3v) is 6.11. The molecule has 0 bridgehead atoms. The summed E-state index contributed by atoms with van der Waals surface area (Å²) in [5, 5.41) is 0. The Morgan fingerprint density at radius 2 is 1.66 bits per heavy atom. The van der Waals surface area contributed by atoms with Gasteiger partial charge in [0.25, 0.3) is 0 Å². The average Bonchev–Trinajstić information content (AvgIpc) is 3.20. The van der Waals surface area contributed by atoms with Crippen LogP contribution in [0.15, 0.2) is 60.9 Å². The molecule has 4 aromatic rings. The number of rotatable bonds is 4.